The number of anilines is 1. The Balaban J connectivity index is 2.49. The van der Waals surface area contributed by atoms with E-state index >= 15 is 0 Å². The van der Waals surface area contributed by atoms with Crippen molar-refractivity contribution in [3.05, 3.63) is 24.3 Å². The van der Waals surface area contributed by atoms with Gasteiger partial charge in [-0.05, 0) is 32.4 Å². The molecule has 1 aromatic carbocycles. The van der Waals surface area contributed by atoms with Gasteiger partial charge in [-0.15, -0.1) is 0 Å². The first-order valence-corrected chi connectivity index (χ1v) is 5.81. The molecular formula is C13H19NO3. The number of hydrogen-bond acceptors (Lipinski definition) is 3. The van der Waals surface area contributed by atoms with E-state index in [1.54, 1.807) is 0 Å². The minimum absolute atomic E-state index is 0.122. The van der Waals surface area contributed by atoms with E-state index in [9.17, 15) is 4.79 Å². The number of carboxylic acid groups (broad SMARTS) is 1. The zero-order chi connectivity index (χ0) is 12.7. The fourth-order valence-corrected chi connectivity index (χ4v) is 1.43. The average Bonchev–Trinajstić information content (AvgIpc) is 2.25. The maximum atomic E-state index is 10.4. The van der Waals surface area contributed by atoms with E-state index in [1.165, 1.54) is 0 Å². The summed E-state index contributed by atoms with van der Waals surface area (Å²) in [7, 11) is 0. The summed E-state index contributed by atoms with van der Waals surface area (Å²) < 4.78 is 5.64. The molecule has 0 radical (unpaired) electrons. The zero-order valence-corrected chi connectivity index (χ0v) is 10.3. The number of nitrogens with one attached hydrogen (secondary N) is 1. The number of benzene rings is 1. The third-order valence-corrected chi connectivity index (χ3v) is 2.13. The molecule has 0 spiro atoms. The highest BCUT2D eigenvalue weighted by Crippen LogP contribution is 2.24. The molecule has 2 N–H and O–H groups in total. The van der Waals surface area contributed by atoms with Crippen LogP contribution in [0.4, 0.5) is 5.69 Å². The van der Waals surface area contributed by atoms with Gasteiger partial charge in [-0.25, -0.2) is 0 Å². The van der Waals surface area contributed by atoms with E-state index in [4.69, 9.17) is 9.84 Å². The molecule has 17 heavy (non-hydrogen) atoms. The molecule has 0 saturated carbocycles. The van der Waals surface area contributed by atoms with Crippen molar-refractivity contribution < 1.29 is 14.6 Å². The number of carboxylic acids is 1. The summed E-state index contributed by atoms with van der Waals surface area (Å²) in [6.45, 7) is 4.58. The predicted octanol–water partition coefficient (Wildman–Crippen LogP) is 2.75. The lowest BCUT2D eigenvalue weighted by molar-refractivity contribution is -0.137. The molecule has 4 nitrogen and oxygen atoms in total. The zero-order valence-electron chi connectivity index (χ0n) is 10.3. The molecule has 0 aliphatic carbocycles. The normalized spacial score (nSPS) is 10.3. The maximum Gasteiger partial charge on any atom is 0.303 e. The Morgan fingerprint density at radius 3 is 2.76 bits per heavy atom. The van der Waals surface area contributed by atoms with Gasteiger partial charge in [-0.2, -0.15) is 0 Å². The largest absolute Gasteiger partial charge is 0.489 e. The number of ether oxygens (including phenoxy) is 1. The van der Waals surface area contributed by atoms with E-state index in [0.717, 1.165) is 11.4 Å². The fraction of sp³-hybridized carbons (Fsp3) is 0.462. The van der Waals surface area contributed by atoms with Crippen LogP contribution in [0, 0.1) is 0 Å². The van der Waals surface area contributed by atoms with Crippen molar-refractivity contribution >= 4 is 11.7 Å². The van der Waals surface area contributed by atoms with Crippen LogP contribution in [0.1, 0.15) is 26.7 Å². The van der Waals surface area contributed by atoms with Crippen molar-refractivity contribution in [2.45, 2.75) is 32.8 Å². The van der Waals surface area contributed by atoms with Gasteiger partial charge >= 0.3 is 5.97 Å². The van der Waals surface area contributed by atoms with Crippen LogP contribution < -0.4 is 10.1 Å². The standard InChI is InChI=1S/C13H19NO3/c1-10(2)17-12-7-4-3-6-11(12)14-9-5-8-13(15)16/h3-4,6-7,10,14H,5,8-9H2,1-2H3,(H,15,16). The molecule has 0 bridgehead atoms. The van der Waals surface area contributed by atoms with E-state index < -0.39 is 5.97 Å². The third kappa shape index (κ3) is 5.24. The molecule has 0 aliphatic rings. The minimum Gasteiger partial charge on any atom is -0.489 e. The Bertz CT molecular complexity index is 363. The number of rotatable bonds is 7. The first-order chi connectivity index (χ1) is 8.09. The minimum atomic E-state index is -0.765. The van der Waals surface area contributed by atoms with Crippen LogP contribution in [-0.2, 0) is 4.79 Å². The number of para-hydroxylation sites is 2. The van der Waals surface area contributed by atoms with Crippen LogP contribution in [0.5, 0.6) is 5.75 Å². The highest BCUT2D eigenvalue weighted by atomic mass is 16.5. The molecule has 0 heterocycles. The lowest BCUT2D eigenvalue weighted by Gasteiger charge is -2.15. The third-order valence-electron chi connectivity index (χ3n) is 2.13. The second-order valence-corrected chi connectivity index (χ2v) is 4.09. The summed E-state index contributed by atoms with van der Waals surface area (Å²) in [5.41, 5.74) is 0.909. The Hall–Kier alpha value is -1.71. The molecule has 0 unspecified atom stereocenters. The molecule has 4 heteroatoms. The van der Waals surface area contributed by atoms with Crippen molar-refractivity contribution in [2.24, 2.45) is 0 Å². The first-order valence-electron chi connectivity index (χ1n) is 5.81. The number of carbonyl (C=O) groups is 1. The molecule has 0 aromatic heterocycles. The van der Waals surface area contributed by atoms with Gasteiger partial charge in [-0.3, -0.25) is 4.79 Å². The topological polar surface area (TPSA) is 58.6 Å². The van der Waals surface area contributed by atoms with Crippen molar-refractivity contribution in [1.82, 2.24) is 0 Å². The first kappa shape index (κ1) is 13.4. The lowest BCUT2D eigenvalue weighted by Crippen LogP contribution is -2.10. The molecule has 94 valence electrons. The van der Waals surface area contributed by atoms with Crippen molar-refractivity contribution in [1.29, 1.82) is 0 Å². The molecule has 0 saturated heterocycles. The summed E-state index contributed by atoms with van der Waals surface area (Å²) in [6, 6.07) is 7.67. The van der Waals surface area contributed by atoms with Crippen LogP contribution in [0.3, 0.4) is 0 Å². The van der Waals surface area contributed by atoms with Gasteiger partial charge in [0.05, 0.1) is 11.8 Å². The van der Waals surface area contributed by atoms with Gasteiger partial charge in [0.25, 0.3) is 0 Å². The van der Waals surface area contributed by atoms with Crippen molar-refractivity contribution in [3.63, 3.8) is 0 Å². The van der Waals surface area contributed by atoms with E-state index in [0.29, 0.717) is 13.0 Å². The lowest BCUT2D eigenvalue weighted by atomic mass is 10.2. The fourth-order valence-electron chi connectivity index (χ4n) is 1.43. The number of hydrogen-bond donors (Lipinski definition) is 2. The summed E-state index contributed by atoms with van der Waals surface area (Å²) in [4.78, 5) is 10.4. The highest BCUT2D eigenvalue weighted by molar-refractivity contribution is 5.66. The van der Waals surface area contributed by atoms with Gasteiger partial charge in [0, 0.05) is 13.0 Å². The Morgan fingerprint density at radius 2 is 2.12 bits per heavy atom. The maximum absolute atomic E-state index is 10.4. The van der Waals surface area contributed by atoms with E-state index in [2.05, 4.69) is 5.32 Å². The molecule has 0 aliphatic heterocycles. The van der Waals surface area contributed by atoms with Gasteiger partial charge in [-0.1, -0.05) is 12.1 Å². The van der Waals surface area contributed by atoms with Crippen LogP contribution >= 0.6 is 0 Å². The van der Waals surface area contributed by atoms with Gasteiger partial charge in [0.2, 0.25) is 0 Å². The Morgan fingerprint density at radius 1 is 1.41 bits per heavy atom. The second kappa shape index (κ2) is 6.78. The Labute approximate surface area is 102 Å². The van der Waals surface area contributed by atoms with Crippen LogP contribution in [0.25, 0.3) is 0 Å². The average molecular weight is 237 g/mol. The van der Waals surface area contributed by atoms with Gasteiger partial charge < -0.3 is 15.2 Å². The summed E-state index contributed by atoms with van der Waals surface area (Å²) in [5.74, 6) is 0.0383. The molecule has 0 amide bonds. The summed E-state index contributed by atoms with van der Waals surface area (Å²) in [5, 5.41) is 11.7. The van der Waals surface area contributed by atoms with Crippen LogP contribution in [0.15, 0.2) is 24.3 Å². The molecule has 1 rings (SSSR count). The van der Waals surface area contributed by atoms with E-state index in [1.807, 2.05) is 38.1 Å². The molecule has 1 aromatic rings. The molecule has 0 fully saturated rings. The quantitative estimate of drug-likeness (QED) is 0.716. The van der Waals surface area contributed by atoms with E-state index in [-0.39, 0.29) is 12.5 Å². The van der Waals surface area contributed by atoms with Crippen molar-refractivity contribution in [2.75, 3.05) is 11.9 Å². The SMILES string of the molecule is CC(C)Oc1ccccc1NCCCC(=O)O. The molecule has 0 atom stereocenters. The van der Waals surface area contributed by atoms with Crippen LogP contribution in [-0.4, -0.2) is 23.7 Å². The van der Waals surface area contributed by atoms with Gasteiger partial charge in [0.1, 0.15) is 5.75 Å². The summed E-state index contributed by atoms with van der Waals surface area (Å²) in [6.07, 6.45) is 0.905. The smallest absolute Gasteiger partial charge is 0.303 e. The van der Waals surface area contributed by atoms with Gasteiger partial charge in [0.15, 0.2) is 0 Å². The Kier molecular flexibility index (Phi) is 5.33. The second-order valence-electron chi connectivity index (χ2n) is 4.09. The monoisotopic (exact) mass is 237 g/mol. The molecular weight excluding hydrogens is 218 g/mol. The summed E-state index contributed by atoms with van der Waals surface area (Å²) >= 11 is 0. The van der Waals surface area contributed by atoms with Crippen LogP contribution in [0.2, 0.25) is 0 Å². The predicted molar refractivity (Wildman–Crippen MR) is 67.6 cm³/mol. The highest BCUT2D eigenvalue weighted by Gasteiger charge is 2.04. The van der Waals surface area contributed by atoms with Crippen molar-refractivity contribution in [3.8, 4) is 5.75 Å². The number of aliphatic carboxylic acids is 1.